The Balaban J connectivity index is -0.00000144. The SMILES string of the molecule is CCCCCCCCCCCC(=O)CC(=O)OC.[NaH].[NaH]. The van der Waals surface area contributed by atoms with Gasteiger partial charge in [0.1, 0.15) is 12.2 Å². The molecule has 0 aliphatic heterocycles. The van der Waals surface area contributed by atoms with Crippen LogP contribution in [0.3, 0.4) is 0 Å². The molecule has 3 nitrogen and oxygen atoms in total. The summed E-state index contributed by atoms with van der Waals surface area (Å²) in [5.41, 5.74) is 0. The average molecular weight is 304 g/mol. The number of esters is 1. The molecule has 0 heterocycles. The van der Waals surface area contributed by atoms with E-state index in [1.807, 2.05) is 0 Å². The van der Waals surface area contributed by atoms with Crippen molar-refractivity contribution in [2.45, 2.75) is 77.6 Å². The van der Waals surface area contributed by atoms with Crippen LogP contribution in [0.15, 0.2) is 0 Å². The fraction of sp³-hybridized carbons (Fsp3) is 0.867. The minimum absolute atomic E-state index is 0. The standard InChI is InChI=1S/C15H28O3.2Na.2H/c1-3-4-5-6-7-8-9-10-11-12-14(16)13-15(17)18-2;;;;/h3-13H2,1-2H3;;;;. The molecule has 110 valence electrons. The molecular weight excluding hydrogens is 274 g/mol. The number of methoxy groups -OCH3 is 1. The van der Waals surface area contributed by atoms with Gasteiger partial charge in [-0.15, -0.1) is 0 Å². The summed E-state index contributed by atoms with van der Waals surface area (Å²) in [7, 11) is 1.31. The van der Waals surface area contributed by atoms with Gasteiger partial charge in [0.25, 0.3) is 0 Å². The number of ether oxygens (including phenoxy) is 1. The molecule has 0 N–H and O–H groups in total. The molecule has 0 aliphatic carbocycles. The zero-order chi connectivity index (χ0) is 13.6. The Morgan fingerprint density at radius 2 is 1.25 bits per heavy atom. The first-order valence-corrected chi connectivity index (χ1v) is 7.29. The van der Waals surface area contributed by atoms with E-state index < -0.39 is 5.97 Å². The number of ketones is 1. The third-order valence-electron chi connectivity index (χ3n) is 3.13. The van der Waals surface area contributed by atoms with Crippen molar-refractivity contribution >= 4 is 70.9 Å². The first kappa shape index (κ1) is 26.1. The van der Waals surface area contributed by atoms with E-state index in [1.54, 1.807) is 0 Å². The monoisotopic (exact) mass is 304 g/mol. The Hall–Kier alpha value is 1.14. The van der Waals surface area contributed by atoms with Crippen molar-refractivity contribution in [1.29, 1.82) is 0 Å². The second-order valence-electron chi connectivity index (χ2n) is 4.87. The van der Waals surface area contributed by atoms with Gasteiger partial charge in [-0.1, -0.05) is 58.3 Å². The molecule has 0 spiro atoms. The van der Waals surface area contributed by atoms with E-state index in [2.05, 4.69) is 11.7 Å². The van der Waals surface area contributed by atoms with Gasteiger partial charge in [0.2, 0.25) is 0 Å². The molecular formula is C15H30Na2O3. The molecule has 0 saturated heterocycles. The fourth-order valence-electron chi connectivity index (χ4n) is 1.95. The topological polar surface area (TPSA) is 43.4 Å². The van der Waals surface area contributed by atoms with Gasteiger partial charge < -0.3 is 4.74 Å². The molecule has 0 aliphatic rings. The van der Waals surface area contributed by atoms with Crippen LogP contribution in [0.25, 0.3) is 0 Å². The van der Waals surface area contributed by atoms with Crippen LogP contribution in [-0.4, -0.2) is 78.0 Å². The van der Waals surface area contributed by atoms with Crippen molar-refractivity contribution in [3.05, 3.63) is 0 Å². The van der Waals surface area contributed by atoms with Crippen LogP contribution in [0.1, 0.15) is 77.6 Å². The van der Waals surface area contributed by atoms with E-state index in [4.69, 9.17) is 0 Å². The first-order chi connectivity index (χ1) is 8.70. The van der Waals surface area contributed by atoms with E-state index in [9.17, 15) is 9.59 Å². The van der Waals surface area contributed by atoms with Crippen molar-refractivity contribution in [3.63, 3.8) is 0 Å². The Morgan fingerprint density at radius 3 is 1.70 bits per heavy atom. The predicted octanol–water partition coefficient (Wildman–Crippen LogP) is 2.74. The quantitative estimate of drug-likeness (QED) is 0.241. The molecule has 0 atom stereocenters. The molecule has 5 heteroatoms. The normalized spacial score (nSPS) is 9.30. The zero-order valence-corrected chi connectivity index (χ0v) is 12.0. The zero-order valence-electron chi connectivity index (χ0n) is 12.0. The van der Waals surface area contributed by atoms with E-state index in [0.29, 0.717) is 6.42 Å². The van der Waals surface area contributed by atoms with Gasteiger partial charge in [0.05, 0.1) is 7.11 Å². The van der Waals surface area contributed by atoms with Crippen LogP contribution in [-0.2, 0) is 14.3 Å². The summed E-state index contributed by atoms with van der Waals surface area (Å²) in [4.78, 5) is 22.2. The summed E-state index contributed by atoms with van der Waals surface area (Å²) < 4.78 is 4.45. The summed E-state index contributed by atoms with van der Waals surface area (Å²) in [5, 5.41) is 0. The molecule has 0 rings (SSSR count). The predicted molar refractivity (Wildman–Crippen MR) is 87.8 cm³/mol. The van der Waals surface area contributed by atoms with Gasteiger partial charge in [0, 0.05) is 6.42 Å². The van der Waals surface area contributed by atoms with Crippen molar-refractivity contribution < 1.29 is 14.3 Å². The third kappa shape index (κ3) is 19.1. The maximum absolute atomic E-state index is 11.3. The molecule has 0 radical (unpaired) electrons. The van der Waals surface area contributed by atoms with Gasteiger partial charge in [-0.3, -0.25) is 9.59 Å². The number of carbonyl (C=O) groups excluding carboxylic acids is 2. The van der Waals surface area contributed by atoms with Crippen molar-refractivity contribution in [1.82, 2.24) is 0 Å². The Kier molecular flexibility index (Phi) is 26.2. The van der Waals surface area contributed by atoms with E-state index in [-0.39, 0.29) is 71.3 Å². The molecule has 20 heavy (non-hydrogen) atoms. The number of hydrogen-bond acceptors (Lipinski definition) is 3. The van der Waals surface area contributed by atoms with Crippen LogP contribution in [0.4, 0.5) is 0 Å². The van der Waals surface area contributed by atoms with E-state index in [0.717, 1.165) is 12.8 Å². The molecule has 0 bridgehead atoms. The Bertz CT molecular complexity index is 233. The molecule has 0 amide bonds. The molecule has 0 aromatic carbocycles. The Morgan fingerprint density at radius 1 is 0.800 bits per heavy atom. The molecule has 0 saturated carbocycles. The van der Waals surface area contributed by atoms with E-state index >= 15 is 0 Å². The van der Waals surface area contributed by atoms with Crippen molar-refractivity contribution in [3.8, 4) is 0 Å². The summed E-state index contributed by atoms with van der Waals surface area (Å²) in [5.74, 6) is -0.416. The second kappa shape index (κ2) is 20.1. The first-order valence-electron chi connectivity index (χ1n) is 7.29. The van der Waals surface area contributed by atoms with Gasteiger partial charge in [-0.25, -0.2) is 0 Å². The molecule has 0 unspecified atom stereocenters. The van der Waals surface area contributed by atoms with Crippen LogP contribution in [0, 0.1) is 0 Å². The molecule has 0 fully saturated rings. The van der Waals surface area contributed by atoms with Crippen molar-refractivity contribution in [2.24, 2.45) is 0 Å². The summed E-state index contributed by atoms with van der Waals surface area (Å²) in [6.07, 6.45) is 11.6. The van der Waals surface area contributed by atoms with Gasteiger partial charge in [0.15, 0.2) is 0 Å². The summed E-state index contributed by atoms with van der Waals surface area (Å²) in [6.45, 7) is 2.23. The molecule has 0 aromatic rings. The van der Waals surface area contributed by atoms with Crippen LogP contribution in [0.2, 0.25) is 0 Å². The van der Waals surface area contributed by atoms with Crippen LogP contribution in [0.5, 0.6) is 0 Å². The van der Waals surface area contributed by atoms with Crippen molar-refractivity contribution in [2.75, 3.05) is 7.11 Å². The van der Waals surface area contributed by atoms with Crippen LogP contribution >= 0.6 is 0 Å². The van der Waals surface area contributed by atoms with E-state index in [1.165, 1.54) is 52.1 Å². The Labute approximate surface area is 168 Å². The van der Waals surface area contributed by atoms with Gasteiger partial charge in [-0.2, -0.15) is 0 Å². The van der Waals surface area contributed by atoms with Crippen LogP contribution < -0.4 is 0 Å². The van der Waals surface area contributed by atoms with Gasteiger partial charge >= 0.3 is 65.1 Å². The maximum atomic E-state index is 11.3. The number of carbonyl (C=O) groups is 2. The number of Topliss-reactive ketones (excluding diaryl/α,β-unsaturated/α-hetero) is 1. The number of rotatable bonds is 12. The average Bonchev–Trinajstić information content (AvgIpc) is 2.36. The number of unbranched alkanes of at least 4 members (excludes halogenated alkanes) is 8. The second-order valence-corrected chi connectivity index (χ2v) is 4.87. The number of hydrogen-bond donors (Lipinski definition) is 0. The summed E-state index contributed by atoms with van der Waals surface area (Å²) >= 11 is 0. The van der Waals surface area contributed by atoms with Gasteiger partial charge in [-0.05, 0) is 6.42 Å². The molecule has 0 aromatic heterocycles. The fourth-order valence-corrected chi connectivity index (χ4v) is 1.95. The summed E-state index contributed by atoms with van der Waals surface area (Å²) in [6, 6.07) is 0. The third-order valence-corrected chi connectivity index (χ3v) is 3.13. The minimum atomic E-state index is -0.420.